The van der Waals surface area contributed by atoms with Crippen LogP contribution < -0.4 is 15.8 Å². The van der Waals surface area contributed by atoms with Crippen molar-refractivity contribution in [2.45, 2.75) is 12.7 Å². The number of hydrogen-bond acceptors (Lipinski definition) is 10. The van der Waals surface area contributed by atoms with E-state index in [-0.39, 0.29) is 41.3 Å². The van der Waals surface area contributed by atoms with Crippen LogP contribution in [-0.2, 0) is 20.9 Å². The third-order valence-corrected chi connectivity index (χ3v) is 5.01. The van der Waals surface area contributed by atoms with Crippen molar-refractivity contribution in [1.82, 2.24) is 5.32 Å². The lowest BCUT2D eigenvalue weighted by Crippen LogP contribution is -2.34. The van der Waals surface area contributed by atoms with Crippen LogP contribution in [-0.4, -0.2) is 63.2 Å². The lowest BCUT2D eigenvalue weighted by atomic mass is 10.1. The van der Waals surface area contributed by atoms with Gasteiger partial charge in [0.05, 0.1) is 12.6 Å². The van der Waals surface area contributed by atoms with Crippen molar-refractivity contribution in [3.63, 3.8) is 0 Å². The van der Waals surface area contributed by atoms with Crippen LogP contribution in [0.1, 0.15) is 17.2 Å². The van der Waals surface area contributed by atoms with Gasteiger partial charge in [-0.15, -0.1) is 0 Å². The molecule has 13 heteroatoms. The molecule has 6 N–H and O–H groups in total. The minimum Gasteiger partial charge on any atom is -0.504 e. The van der Waals surface area contributed by atoms with Crippen molar-refractivity contribution >= 4 is 34.7 Å². The highest BCUT2D eigenvalue weighted by molar-refractivity contribution is 5.86. The molecule has 0 saturated heterocycles. The molecule has 1 amide bonds. The van der Waals surface area contributed by atoms with Gasteiger partial charge in [-0.3, -0.25) is 9.59 Å². The standard InChI is InChI=1S/C23H22N2O11/c26-16-4-1-12(5-17(16)27)18(28)8-24-23(34)35-11-13-6-22(33)36-19-7-14(2-3-15(13)19)25(9-20(29)30)10-21(31)32/h1-7,18,26-28H,8-11H2,(H,24,34)(H,29,30)(H,31,32)/t18-/m0/s1. The van der Waals surface area contributed by atoms with Crippen LogP contribution in [0.2, 0.25) is 0 Å². The molecule has 1 atom stereocenters. The van der Waals surface area contributed by atoms with E-state index >= 15 is 0 Å². The number of fused-ring (bicyclic) bond motifs is 1. The molecule has 0 radical (unpaired) electrons. The number of anilines is 1. The molecule has 0 bridgehead atoms. The number of amides is 1. The number of nitrogens with one attached hydrogen (secondary N) is 1. The van der Waals surface area contributed by atoms with E-state index < -0.39 is 48.6 Å². The molecular weight excluding hydrogens is 480 g/mol. The number of aromatic hydroxyl groups is 2. The van der Waals surface area contributed by atoms with Crippen molar-refractivity contribution in [2.24, 2.45) is 0 Å². The van der Waals surface area contributed by atoms with Crippen LogP contribution >= 0.6 is 0 Å². The number of ether oxygens (including phenoxy) is 1. The Hall–Kier alpha value is -4.78. The Morgan fingerprint density at radius 3 is 2.31 bits per heavy atom. The number of hydrogen-bond donors (Lipinski definition) is 6. The predicted molar refractivity (Wildman–Crippen MR) is 123 cm³/mol. The Balaban J connectivity index is 1.70. The Kier molecular flexibility index (Phi) is 7.96. The molecule has 1 aromatic heterocycles. The lowest BCUT2D eigenvalue weighted by Gasteiger charge is -2.21. The second kappa shape index (κ2) is 11.1. The number of aliphatic hydroxyl groups excluding tert-OH is 1. The van der Waals surface area contributed by atoms with E-state index in [2.05, 4.69) is 5.32 Å². The lowest BCUT2D eigenvalue weighted by molar-refractivity contribution is -0.136. The van der Waals surface area contributed by atoms with Gasteiger partial charge in [-0.1, -0.05) is 6.07 Å². The first kappa shape index (κ1) is 25.8. The van der Waals surface area contributed by atoms with Gasteiger partial charge in [-0.2, -0.15) is 0 Å². The van der Waals surface area contributed by atoms with Gasteiger partial charge in [0.2, 0.25) is 0 Å². The van der Waals surface area contributed by atoms with Crippen molar-refractivity contribution in [2.75, 3.05) is 24.5 Å². The van der Waals surface area contributed by atoms with Crippen molar-refractivity contribution < 1.29 is 49.1 Å². The SMILES string of the molecule is O=C(O)CN(CC(=O)O)c1ccc2c(COC(=O)NC[C@H](O)c3ccc(O)c(O)c3)cc(=O)oc2c1. The molecule has 13 nitrogen and oxygen atoms in total. The highest BCUT2D eigenvalue weighted by Gasteiger charge is 2.17. The molecule has 0 spiro atoms. The number of carbonyl (C=O) groups excluding carboxylic acids is 1. The summed E-state index contributed by atoms with van der Waals surface area (Å²) < 4.78 is 10.3. The molecular formula is C23H22N2O11. The maximum absolute atomic E-state index is 12.1. The van der Waals surface area contributed by atoms with E-state index in [0.29, 0.717) is 5.39 Å². The fourth-order valence-electron chi connectivity index (χ4n) is 3.34. The number of carbonyl (C=O) groups is 3. The summed E-state index contributed by atoms with van der Waals surface area (Å²) in [6.07, 6.45) is -2.12. The number of aliphatic hydroxyl groups is 1. The molecule has 0 aliphatic carbocycles. The highest BCUT2D eigenvalue weighted by Crippen LogP contribution is 2.28. The second-order valence-electron chi connectivity index (χ2n) is 7.64. The average molecular weight is 502 g/mol. The average Bonchev–Trinajstić information content (AvgIpc) is 2.81. The Morgan fingerprint density at radius 1 is 0.972 bits per heavy atom. The van der Waals surface area contributed by atoms with Gasteiger partial charge >= 0.3 is 23.7 Å². The summed E-state index contributed by atoms with van der Waals surface area (Å²) in [6.45, 7) is -1.81. The largest absolute Gasteiger partial charge is 0.504 e. The van der Waals surface area contributed by atoms with E-state index in [4.69, 9.17) is 19.4 Å². The number of aliphatic carboxylic acids is 2. The Labute approximate surface area is 202 Å². The van der Waals surface area contributed by atoms with Crippen LogP contribution in [0.25, 0.3) is 11.0 Å². The molecule has 3 aromatic rings. The van der Waals surface area contributed by atoms with Crippen molar-refractivity contribution in [3.05, 3.63) is 64.0 Å². The van der Waals surface area contributed by atoms with E-state index in [9.17, 15) is 34.5 Å². The van der Waals surface area contributed by atoms with Gasteiger partial charge in [0.15, 0.2) is 11.5 Å². The molecule has 1 heterocycles. The number of alkyl carbamates (subject to hydrolysis) is 1. The quantitative estimate of drug-likeness (QED) is 0.170. The highest BCUT2D eigenvalue weighted by atomic mass is 16.5. The van der Waals surface area contributed by atoms with Crippen LogP contribution in [0.3, 0.4) is 0 Å². The summed E-state index contributed by atoms with van der Waals surface area (Å²) in [7, 11) is 0. The number of carboxylic acids is 2. The van der Waals surface area contributed by atoms with Gasteiger partial charge in [0, 0.05) is 28.8 Å². The van der Waals surface area contributed by atoms with Crippen molar-refractivity contribution in [3.8, 4) is 11.5 Å². The van der Waals surface area contributed by atoms with E-state index in [1.165, 1.54) is 30.3 Å². The molecule has 0 unspecified atom stereocenters. The topological polar surface area (TPSA) is 207 Å². The molecule has 2 aromatic carbocycles. The van der Waals surface area contributed by atoms with Gasteiger partial charge in [0.1, 0.15) is 25.3 Å². The fourth-order valence-corrected chi connectivity index (χ4v) is 3.34. The maximum atomic E-state index is 12.1. The first-order chi connectivity index (χ1) is 17.0. The predicted octanol–water partition coefficient (Wildman–Crippen LogP) is 1.14. The summed E-state index contributed by atoms with van der Waals surface area (Å²) in [4.78, 5) is 47.4. The molecule has 0 fully saturated rings. The smallest absolute Gasteiger partial charge is 0.407 e. The van der Waals surface area contributed by atoms with Crippen molar-refractivity contribution in [1.29, 1.82) is 0 Å². The molecule has 36 heavy (non-hydrogen) atoms. The third kappa shape index (κ3) is 6.64. The monoisotopic (exact) mass is 502 g/mol. The van der Waals surface area contributed by atoms with E-state index in [0.717, 1.165) is 17.0 Å². The second-order valence-corrected chi connectivity index (χ2v) is 7.64. The summed E-state index contributed by atoms with van der Waals surface area (Å²) in [6, 6.07) is 9.04. The number of rotatable bonds is 10. The van der Waals surface area contributed by atoms with Crippen LogP contribution in [0.15, 0.2) is 51.7 Å². The fraction of sp³-hybridized carbons (Fsp3) is 0.217. The van der Waals surface area contributed by atoms with Gasteiger partial charge in [0.25, 0.3) is 0 Å². The minimum atomic E-state index is -1.25. The maximum Gasteiger partial charge on any atom is 0.407 e. The number of phenolic OH excluding ortho intramolecular Hbond substituents is 2. The van der Waals surface area contributed by atoms with Gasteiger partial charge in [-0.05, 0) is 29.8 Å². The number of nitrogens with zero attached hydrogens (tertiary/aromatic N) is 1. The Bertz CT molecular complexity index is 1340. The molecule has 190 valence electrons. The minimum absolute atomic E-state index is 0.0299. The third-order valence-electron chi connectivity index (χ3n) is 5.01. The van der Waals surface area contributed by atoms with E-state index in [1.807, 2.05) is 0 Å². The molecule has 3 rings (SSSR count). The number of carboxylic acid groups (broad SMARTS) is 2. The number of benzene rings is 2. The zero-order valence-corrected chi connectivity index (χ0v) is 18.6. The van der Waals surface area contributed by atoms with Crippen LogP contribution in [0, 0.1) is 0 Å². The molecule has 0 saturated carbocycles. The molecule has 0 aliphatic rings. The Morgan fingerprint density at radius 2 is 1.67 bits per heavy atom. The van der Waals surface area contributed by atoms with Crippen LogP contribution in [0.5, 0.6) is 11.5 Å². The first-order valence-corrected chi connectivity index (χ1v) is 10.4. The van der Waals surface area contributed by atoms with Gasteiger partial charge in [-0.25, -0.2) is 9.59 Å². The first-order valence-electron chi connectivity index (χ1n) is 10.4. The zero-order chi connectivity index (χ0) is 26.4. The summed E-state index contributed by atoms with van der Waals surface area (Å²) in [5, 5.41) is 49.8. The summed E-state index contributed by atoms with van der Waals surface area (Å²) in [5.74, 6) is -3.29. The summed E-state index contributed by atoms with van der Waals surface area (Å²) in [5.41, 5.74) is -0.0324. The molecule has 0 aliphatic heterocycles. The van der Waals surface area contributed by atoms with E-state index in [1.54, 1.807) is 0 Å². The number of phenols is 2. The summed E-state index contributed by atoms with van der Waals surface area (Å²) >= 11 is 0. The van der Waals surface area contributed by atoms with Gasteiger partial charge < -0.3 is 44.9 Å². The van der Waals surface area contributed by atoms with Crippen LogP contribution in [0.4, 0.5) is 10.5 Å². The zero-order valence-electron chi connectivity index (χ0n) is 18.6. The normalized spacial score (nSPS) is 11.6.